The van der Waals surface area contributed by atoms with Gasteiger partial charge in [0.2, 0.25) is 0 Å². The Bertz CT molecular complexity index is 1210. The molecule has 0 spiro atoms. The summed E-state index contributed by atoms with van der Waals surface area (Å²) in [6, 6.07) is 7.65. The van der Waals surface area contributed by atoms with Crippen LogP contribution in [0.25, 0.3) is 0 Å². The number of alkyl halides is 3. The molecule has 2 aromatic rings. The summed E-state index contributed by atoms with van der Waals surface area (Å²) in [7, 11) is 0.442. The molecule has 0 bridgehead atoms. The van der Waals surface area contributed by atoms with Gasteiger partial charge < -0.3 is 23.5 Å². The first-order valence-electron chi connectivity index (χ1n) is 12.4. The van der Waals surface area contributed by atoms with Crippen molar-refractivity contribution in [3.05, 3.63) is 52.6 Å². The number of halogens is 3. The Morgan fingerprint density at radius 3 is 2.43 bits per heavy atom. The van der Waals surface area contributed by atoms with Crippen LogP contribution in [-0.2, 0) is 31.4 Å². The second kappa shape index (κ2) is 8.94. The van der Waals surface area contributed by atoms with Gasteiger partial charge in [0.25, 0.3) is 0 Å². The number of ether oxygens (including phenoxy) is 3. The fourth-order valence-electron chi connectivity index (χ4n) is 5.14. The molecule has 10 heteroatoms. The Morgan fingerprint density at radius 1 is 1.08 bits per heavy atom. The van der Waals surface area contributed by atoms with E-state index in [0.717, 1.165) is 17.2 Å². The van der Waals surface area contributed by atoms with Crippen molar-refractivity contribution in [2.75, 3.05) is 13.7 Å². The third kappa shape index (κ3) is 4.70. The van der Waals surface area contributed by atoms with Gasteiger partial charge in [0.1, 0.15) is 17.6 Å². The van der Waals surface area contributed by atoms with Crippen LogP contribution in [0.2, 0.25) is 0 Å². The van der Waals surface area contributed by atoms with E-state index in [-0.39, 0.29) is 18.3 Å². The molecule has 0 N–H and O–H groups in total. The van der Waals surface area contributed by atoms with Gasteiger partial charge in [0, 0.05) is 17.5 Å². The highest BCUT2D eigenvalue weighted by atomic mass is 19.4. The number of carbonyl (C=O) groups is 1. The SMILES string of the molecule is COC(=O)CC1COc2cc(O[C@@H]3CCc4c(B5OC(C)(C)C(C)(C)O5)cc(C(F)(F)F)cc43)ccc21. The zero-order chi connectivity index (χ0) is 26.8. The van der Waals surface area contributed by atoms with Crippen molar-refractivity contribution in [2.45, 2.75) is 76.4 Å². The van der Waals surface area contributed by atoms with Gasteiger partial charge in [0.05, 0.1) is 36.9 Å². The van der Waals surface area contributed by atoms with E-state index in [1.54, 1.807) is 12.1 Å². The number of fused-ring (bicyclic) bond motifs is 2. The molecular formula is C27H30BF3O6. The predicted molar refractivity (Wildman–Crippen MR) is 130 cm³/mol. The first-order valence-corrected chi connectivity index (χ1v) is 12.4. The van der Waals surface area contributed by atoms with Crippen LogP contribution in [0.1, 0.15) is 74.8 Å². The lowest BCUT2D eigenvalue weighted by Gasteiger charge is -2.32. The molecule has 2 atom stereocenters. The third-order valence-corrected chi connectivity index (χ3v) is 7.94. The molecule has 5 rings (SSSR count). The quantitative estimate of drug-likeness (QED) is 0.405. The minimum Gasteiger partial charge on any atom is -0.492 e. The number of carbonyl (C=O) groups excluding carboxylic acids is 1. The van der Waals surface area contributed by atoms with E-state index < -0.39 is 36.2 Å². The molecule has 0 amide bonds. The van der Waals surface area contributed by atoms with Crippen LogP contribution in [0.4, 0.5) is 13.2 Å². The smallest absolute Gasteiger partial charge is 0.492 e. The highest BCUT2D eigenvalue weighted by Crippen LogP contribution is 2.43. The summed E-state index contributed by atoms with van der Waals surface area (Å²) in [6.07, 6.45) is -3.83. The molecule has 37 heavy (non-hydrogen) atoms. The van der Waals surface area contributed by atoms with Crippen LogP contribution in [0, 0.1) is 0 Å². The minimum absolute atomic E-state index is 0.111. The Labute approximate surface area is 214 Å². The molecule has 3 aliphatic rings. The Morgan fingerprint density at radius 2 is 1.78 bits per heavy atom. The number of hydrogen-bond donors (Lipinski definition) is 0. The number of benzene rings is 2. The third-order valence-electron chi connectivity index (χ3n) is 7.94. The van der Waals surface area contributed by atoms with Gasteiger partial charge in [-0.3, -0.25) is 4.79 Å². The van der Waals surface area contributed by atoms with E-state index in [1.165, 1.54) is 13.2 Å². The zero-order valence-electron chi connectivity index (χ0n) is 21.5. The van der Waals surface area contributed by atoms with E-state index in [4.69, 9.17) is 23.5 Å². The fraction of sp³-hybridized carbons (Fsp3) is 0.519. The lowest BCUT2D eigenvalue weighted by atomic mass is 9.74. The maximum atomic E-state index is 13.9. The van der Waals surface area contributed by atoms with Gasteiger partial charge in [-0.25, -0.2) is 0 Å². The molecule has 1 saturated heterocycles. The van der Waals surface area contributed by atoms with Crippen LogP contribution in [-0.4, -0.2) is 38.0 Å². The monoisotopic (exact) mass is 518 g/mol. The largest absolute Gasteiger partial charge is 0.495 e. The summed E-state index contributed by atoms with van der Waals surface area (Å²) in [6.45, 7) is 7.85. The highest BCUT2D eigenvalue weighted by Gasteiger charge is 2.53. The van der Waals surface area contributed by atoms with E-state index in [0.29, 0.717) is 42.0 Å². The average Bonchev–Trinajstić information content (AvgIpc) is 3.46. The maximum Gasteiger partial charge on any atom is 0.495 e. The number of methoxy groups -OCH3 is 1. The van der Waals surface area contributed by atoms with Crippen molar-refractivity contribution in [3.63, 3.8) is 0 Å². The van der Waals surface area contributed by atoms with Crippen molar-refractivity contribution < 1.29 is 41.5 Å². The molecule has 2 heterocycles. The average molecular weight is 518 g/mol. The Kier molecular flexibility index (Phi) is 6.26. The first kappa shape index (κ1) is 25.9. The van der Waals surface area contributed by atoms with Crippen molar-refractivity contribution >= 4 is 18.6 Å². The lowest BCUT2D eigenvalue weighted by molar-refractivity contribution is -0.141. The maximum absolute atomic E-state index is 13.9. The Hall–Kier alpha value is -2.72. The zero-order valence-corrected chi connectivity index (χ0v) is 21.5. The molecule has 0 radical (unpaired) electrons. The van der Waals surface area contributed by atoms with Crippen molar-refractivity contribution in [1.29, 1.82) is 0 Å². The predicted octanol–water partition coefficient (Wildman–Crippen LogP) is 5.11. The van der Waals surface area contributed by atoms with Crippen molar-refractivity contribution in [2.24, 2.45) is 0 Å². The number of hydrogen-bond acceptors (Lipinski definition) is 6. The molecule has 1 fully saturated rings. The standard InChI is InChI=1S/C27H30BF3O6/c1-25(2)26(3,4)37-28(36-25)21-12-16(27(29,30)31)11-20-19(21)8-9-22(20)35-17-6-7-18-15(10-24(32)33-5)14-34-23(18)13-17/h6-7,11-13,15,22H,8-10,14H2,1-5H3/t15?,22-/m1/s1. The van der Waals surface area contributed by atoms with Gasteiger partial charge in [-0.15, -0.1) is 0 Å². The number of esters is 1. The molecular weight excluding hydrogens is 488 g/mol. The molecule has 1 aliphatic carbocycles. The molecule has 198 valence electrons. The summed E-state index contributed by atoms with van der Waals surface area (Å²) in [5, 5.41) is 0. The second-order valence-corrected chi connectivity index (χ2v) is 10.9. The van der Waals surface area contributed by atoms with Crippen LogP contribution in [0.3, 0.4) is 0 Å². The number of rotatable bonds is 5. The summed E-state index contributed by atoms with van der Waals surface area (Å²) in [5.41, 5.74) is 0.433. The van der Waals surface area contributed by atoms with Gasteiger partial charge in [-0.1, -0.05) is 6.07 Å². The van der Waals surface area contributed by atoms with E-state index >= 15 is 0 Å². The lowest BCUT2D eigenvalue weighted by Crippen LogP contribution is -2.41. The molecule has 2 aliphatic heterocycles. The molecule has 1 unspecified atom stereocenters. The molecule has 0 aromatic heterocycles. The van der Waals surface area contributed by atoms with Gasteiger partial charge in [-0.2, -0.15) is 13.2 Å². The van der Waals surface area contributed by atoms with E-state index in [2.05, 4.69) is 0 Å². The topological polar surface area (TPSA) is 63.2 Å². The highest BCUT2D eigenvalue weighted by molar-refractivity contribution is 6.62. The van der Waals surface area contributed by atoms with Crippen LogP contribution < -0.4 is 14.9 Å². The van der Waals surface area contributed by atoms with Crippen LogP contribution in [0.15, 0.2) is 30.3 Å². The van der Waals surface area contributed by atoms with Gasteiger partial charge in [0.15, 0.2) is 0 Å². The fourth-order valence-corrected chi connectivity index (χ4v) is 5.14. The molecule has 2 aromatic carbocycles. The molecule has 6 nitrogen and oxygen atoms in total. The summed E-state index contributed by atoms with van der Waals surface area (Å²) in [5.74, 6) is 0.666. The van der Waals surface area contributed by atoms with Crippen LogP contribution in [0.5, 0.6) is 11.5 Å². The van der Waals surface area contributed by atoms with Gasteiger partial charge >= 0.3 is 19.3 Å². The summed E-state index contributed by atoms with van der Waals surface area (Å²) >= 11 is 0. The summed E-state index contributed by atoms with van der Waals surface area (Å²) in [4.78, 5) is 11.7. The van der Waals surface area contributed by atoms with Crippen molar-refractivity contribution in [1.82, 2.24) is 0 Å². The second-order valence-electron chi connectivity index (χ2n) is 10.9. The van der Waals surface area contributed by atoms with Crippen molar-refractivity contribution in [3.8, 4) is 11.5 Å². The summed E-state index contributed by atoms with van der Waals surface area (Å²) < 4.78 is 70.7. The van der Waals surface area contributed by atoms with Gasteiger partial charge in [-0.05, 0) is 75.3 Å². The van der Waals surface area contributed by atoms with Crippen LogP contribution >= 0.6 is 0 Å². The Balaban J connectivity index is 1.44. The van der Waals surface area contributed by atoms with E-state index in [9.17, 15) is 18.0 Å². The molecule has 0 saturated carbocycles. The first-order chi connectivity index (χ1) is 17.3. The minimum atomic E-state index is -4.53. The normalized spacial score (nSPS) is 23.4. The van der Waals surface area contributed by atoms with E-state index in [1.807, 2.05) is 33.8 Å².